The Balaban J connectivity index is 1.74. The predicted octanol–water partition coefficient (Wildman–Crippen LogP) is 3.95. The Morgan fingerprint density at radius 3 is 2.81 bits per heavy atom. The molecule has 1 heterocycles. The van der Waals surface area contributed by atoms with Gasteiger partial charge in [0.15, 0.2) is 0 Å². The molecule has 0 fully saturated rings. The maximum absolute atomic E-state index is 11.9. The van der Waals surface area contributed by atoms with Gasteiger partial charge < -0.3 is 10.1 Å². The molecule has 1 amide bonds. The van der Waals surface area contributed by atoms with E-state index >= 15 is 0 Å². The van der Waals surface area contributed by atoms with Gasteiger partial charge in [0.25, 0.3) is 0 Å². The van der Waals surface area contributed by atoms with Gasteiger partial charge in [-0.2, -0.15) is 0 Å². The average molecular weight is 393 g/mol. The summed E-state index contributed by atoms with van der Waals surface area (Å²) >= 11 is 2.20. The number of alkyl halides is 1. The number of hydrogen-bond donors (Lipinski definition) is 1. The lowest BCUT2D eigenvalue weighted by molar-refractivity contribution is -0.115. The summed E-state index contributed by atoms with van der Waals surface area (Å²) in [7, 11) is 0. The quantitative estimate of drug-likeness (QED) is 0.634. The standard InChI is InChI=1S/C17H16INO2/c18-15-9-7-13-6-8-14(10-16(13)19-17(15)20)21-11-12-4-2-1-3-5-12/h1-6,8,10,15H,7,9,11H2,(H,19,20). The van der Waals surface area contributed by atoms with Crippen molar-refractivity contribution in [1.82, 2.24) is 0 Å². The third kappa shape index (κ3) is 3.56. The summed E-state index contributed by atoms with van der Waals surface area (Å²) in [5.41, 5.74) is 3.18. The molecule has 2 aromatic rings. The summed E-state index contributed by atoms with van der Waals surface area (Å²) in [6, 6.07) is 16.0. The van der Waals surface area contributed by atoms with Crippen LogP contribution in [-0.4, -0.2) is 9.83 Å². The van der Waals surface area contributed by atoms with Crippen LogP contribution in [0.4, 0.5) is 5.69 Å². The first-order valence-electron chi connectivity index (χ1n) is 6.97. The number of carbonyl (C=O) groups is 1. The number of ether oxygens (including phenoxy) is 1. The molecule has 3 nitrogen and oxygen atoms in total. The monoisotopic (exact) mass is 393 g/mol. The maximum Gasteiger partial charge on any atom is 0.237 e. The molecular formula is C17H16INO2. The van der Waals surface area contributed by atoms with Crippen LogP contribution in [-0.2, 0) is 17.8 Å². The Labute approximate surface area is 137 Å². The van der Waals surface area contributed by atoms with Crippen LogP contribution in [0.2, 0.25) is 0 Å². The van der Waals surface area contributed by atoms with Gasteiger partial charge in [-0.15, -0.1) is 0 Å². The van der Waals surface area contributed by atoms with Gasteiger partial charge in [-0.3, -0.25) is 4.79 Å². The number of rotatable bonds is 3. The summed E-state index contributed by atoms with van der Waals surface area (Å²) in [4.78, 5) is 11.9. The van der Waals surface area contributed by atoms with Gasteiger partial charge in [0.1, 0.15) is 12.4 Å². The molecule has 1 N–H and O–H groups in total. The van der Waals surface area contributed by atoms with Crippen molar-refractivity contribution in [3.8, 4) is 5.75 Å². The van der Waals surface area contributed by atoms with Crippen molar-refractivity contribution >= 4 is 34.2 Å². The molecule has 0 bridgehead atoms. The molecule has 0 radical (unpaired) electrons. The van der Waals surface area contributed by atoms with Crippen LogP contribution in [0.25, 0.3) is 0 Å². The first-order valence-corrected chi connectivity index (χ1v) is 8.21. The van der Waals surface area contributed by atoms with Crippen LogP contribution in [0, 0.1) is 0 Å². The van der Waals surface area contributed by atoms with Crippen molar-refractivity contribution < 1.29 is 9.53 Å². The van der Waals surface area contributed by atoms with Crippen LogP contribution >= 0.6 is 22.6 Å². The van der Waals surface area contributed by atoms with Crippen LogP contribution in [0.1, 0.15) is 17.5 Å². The molecule has 0 saturated heterocycles. The fraction of sp³-hybridized carbons (Fsp3) is 0.235. The number of fused-ring (bicyclic) bond motifs is 1. The molecule has 108 valence electrons. The number of nitrogens with one attached hydrogen (secondary N) is 1. The molecule has 0 aromatic heterocycles. The van der Waals surface area contributed by atoms with E-state index in [1.165, 1.54) is 5.56 Å². The molecule has 3 rings (SSSR count). The lowest BCUT2D eigenvalue weighted by Gasteiger charge is -2.11. The minimum atomic E-state index is 0.0312. The van der Waals surface area contributed by atoms with Gasteiger partial charge in [0.2, 0.25) is 5.91 Å². The van der Waals surface area contributed by atoms with Gasteiger partial charge in [0.05, 0.1) is 3.92 Å². The molecule has 2 aromatic carbocycles. The Morgan fingerprint density at radius 1 is 1.19 bits per heavy atom. The van der Waals surface area contributed by atoms with Crippen molar-refractivity contribution in [1.29, 1.82) is 0 Å². The number of benzene rings is 2. The van der Waals surface area contributed by atoms with Crippen LogP contribution in [0.15, 0.2) is 48.5 Å². The minimum absolute atomic E-state index is 0.0312. The van der Waals surface area contributed by atoms with Crippen LogP contribution in [0.5, 0.6) is 5.75 Å². The maximum atomic E-state index is 11.9. The van der Waals surface area contributed by atoms with E-state index in [0.717, 1.165) is 29.8 Å². The largest absolute Gasteiger partial charge is 0.489 e. The van der Waals surface area contributed by atoms with E-state index in [4.69, 9.17) is 4.74 Å². The normalized spacial score (nSPS) is 17.6. The van der Waals surface area contributed by atoms with Gasteiger partial charge in [-0.1, -0.05) is 59.0 Å². The Bertz CT molecular complexity index is 642. The fourth-order valence-electron chi connectivity index (χ4n) is 2.34. The molecule has 1 atom stereocenters. The van der Waals surface area contributed by atoms with E-state index in [1.807, 2.05) is 48.5 Å². The summed E-state index contributed by atoms with van der Waals surface area (Å²) in [5, 5.41) is 2.98. The van der Waals surface area contributed by atoms with Crippen molar-refractivity contribution in [2.75, 3.05) is 5.32 Å². The third-order valence-corrected chi connectivity index (χ3v) is 4.73. The first-order chi connectivity index (χ1) is 10.2. The zero-order chi connectivity index (χ0) is 14.7. The van der Waals surface area contributed by atoms with E-state index in [0.29, 0.717) is 6.61 Å². The van der Waals surface area contributed by atoms with E-state index in [-0.39, 0.29) is 9.83 Å². The van der Waals surface area contributed by atoms with Crippen LogP contribution < -0.4 is 10.1 Å². The number of halogens is 1. The van der Waals surface area contributed by atoms with E-state index < -0.39 is 0 Å². The van der Waals surface area contributed by atoms with Gasteiger partial charge in [-0.25, -0.2) is 0 Å². The minimum Gasteiger partial charge on any atom is -0.489 e. The molecule has 1 aliphatic heterocycles. The fourth-order valence-corrected chi connectivity index (χ4v) is 2.81. The molecular weight excluding hydrogens is 377 g/mol. The molecule has 4 heteroatoms. The number of hydrogen-bond acceptors (Lipinski definition) is 2. The summed E-state index contributed by atoms with van der Waals surface area (Å²) in [5.74, 6) is 0.861. The van der Waals surface area contributed by atoms with E-state index in [1.54, 1.807) is 0 Å². The highest BCUT2D eigenvalue weighted by atomic mass is 127. The molecule has 21 heavy (non-hydrogen) atoms. The van der Waals surface area contributed by atoms with Crippen LogP contribution in [0.3, 0.4) is 0 Å². The van der Waals surface area contributed by atoms with Gasteiger partial charge in [-0.05, 0) is 30.0 Å². The smallest absolute Gasteiger partial charge is 0.237 e. The number of aryl methyl sites for hydroxylation is 1. The van der Waals surface area contributed by atoms with Crippen molar-refractivity contribution in [3.05, 3.63) is 59.7 Å². The predicted molar refractivity (Wildman–Crippen MR) is 92.0 cm³/mol. The zero-order valence-electron chi connectivity index (χ0n) is 11.5. The molecule has 0 aliphatic carbocycles. The average Bonchev–Trinajstić information content (AvgIpc) is 2.65. The highest BCUT2D eigenvalue weighted by Crippen LogP contribution is 2.29. The van der Waals surface area contributed by atoms with E-state index in [9.17, 15) is 4.79 Å². The highest BCUT2D eigenvalue weighted by Gasteiger charge is 2.21. The van der Waals surface area contributed by atoms with Crippen molar-refractivity contribution in [3.63, 3.8) is 0 Å². The number of amides is 1. The lowest BCUT2D eigenvalue weighted by Crippen LogP contribution is -2.20. The molecule has 1 unspecified atom stereocenters. The van der Waals surface area contributed by atoms with Crippen molar-refractivity contribution in [2.45, 2.75) is 23.4 Å². The summed E-state index contributed by atoms with van der Waals surface area (Å²) < 4.78 is 5.84. The topological polar surface area (TPSA) is 38.3 Å². The summed E-state index contributed by atoms with van der Waals surface area (Å²) in [6.07, 6.45) is 1.80. The first kappa shape index (κ1) is 14.4. The van der Waals surface area contributed by atoms with E-state index in [2.05, 4.69) is 27.9 Å². The second kappa shape index (κ2) is 6.47. The Kier molecular flexibility index (Phi) is 4.43. The summed E-state index contributed by atoms with van der Waals surface area (Å²) in [6.45, 7) is 0.530. The Hall–Kier alpha value is -1.56. The Morgan fingerprint density at radius 2 is 2.00 bits per heavy atom. The highest BCUT2D eigenvalue weighted by molar-refractivity contribution is 14.1. The second-order valence-electron chi connectivity index (χ2n) is 5.09. The molecule has 0 spiro atoms. The van der Waals surface area contributed by atoms with Gasteiger partial charge >= 0.3 is 0 Å². The molecule has 0 saturated carbocycles. The number of anilines is 1. The number of carbonyl (C=O) groups excluding carboxylic acids is 1. The third-order valence-electron chi connectivity index (χ3n) is 3.54. The SMILES string of the molecule is O=C1Nc2cc(OCc3ccccc3)ccc2CCC1I. The molecule has 1 aliphatic rings. The lowest BCUT2D eigenvalue weighted by atomic mass is 10.1. The second-order valence-corrected chi connectivity index (χ2v) is 6.59. The van der Waals surface area contributed by atoms with Gasteiger partial charge in [0, 0.05) is 11.8 Å². The van der Waals surface area contributed by atoms with Crippen molar-refractivity contribution in [2.24, 2.45) is 0 Å². The zero-order valence-corrected chi connectivity index (χ0v) is 13.7.